The van der Waals surface area contributed by atoms with Gasteiger partial charge in [0.1, 0.15) is 0 Å². The molecule has 2 heterocycles. The Bertz CT molecular complexity index is 320. The largest absolute Gasteiger partial charge is 0.380 e. The summed E-state index contributed by atoms with van der Waals surface area (Å²) in [6.07, 6.45) is 0.702. The standard InChI is InChI=1S/C9H16N4O3S/c1-14-8(15-2)5-13-9(10-11-12-13)17-7-3-4-16-6-7/h7-8H,3-6H2,1-2H3. The molecule has 1 fully saturated rings. The Morgan fingerprint density at radius 2 is 2.35 bits per heavy atom. The van der Waals surface area contributed by atoms with Gasteiger partial charge >= 0.3 is 0 Å². The van der Waals surface area contributed by atoms with Crippen LogP contribution in [0, 0.1) is 0 Å². The summed E-state index contributed by atoms with van der Waals surface area (Å²) in [5, 5.41) is 12.8. The minimum Gasteiger partial charge on any atom is -0.380 e. The highest BCUT2D eigenvalue weighted by atomic mass is 32.2. The van der Waals surface area contributed by atoms with Crippen LogP contribution in [0.5, 0.6) is 0 Å². The smallest absolute Gasteiger partial charge is 0.209 e. The molecule has 0 N–H and O–H groups in total. The van der Waals surface area contributed by atoms with Crippen molar-refractivity contribution in [3.63, 3.8) is 0 Å². The molecule has 7 nitrogen and oxygen atoms in total. The molecule has 0 aromatic carbocycles. The third kappa shape index (κ3) is 3.38. The van der Waals surface area contributed by atoms with Crippen LogP contribution in [0.25, 0.3) is 0 Å². The second-order valence-electron chi connectivity index (χ2n) is 3.65. The van der Waals surface area contributed by atoms with Gasteiger partial charge in [-0.25, -0.2) is 4.68 Å². The molecule has 1 aliphatic rings. The fourth-order valence-corrected chi connectivity index (χ4v) is 2.53. The van der Waals surface area contributed by atoms with E-state index in [4.69, 9.17) is 14.2 Å². The normalized spacial score (nSPS) is 20.3. The molecule has 1 aromatic rings. The molecule has 0 radical (unpaired) electrons. The van der Waals surface area contributed by atoms with Crippen LogP contribution >= 0.6 is 11.8 Å². The van der Waals surface area contributed by atoms with E-state index in [1.807, 2.05) is 0 Å². The van der Waals surface area contributed by atoms with E-state index in [0.717, 1.165) is 24.8 Å². The summed E-state index contributed by atoms with van der Waals surface area (Å²) >= 11 is 1.64. The minimum absolute atomic E-state index is 0.335. The van der Waals surface area contributed by atoms with Crippen molar-refractivity contribution >= 4 is 11.8 Å². The first-order valence-electron chi connectivity index (χ1n) is 5.39. The van der Waals surface area contributed by atoms with Crippen LogP contribution in [0.1, 0.15) is 6.42 Å². The molecular formula is C9H16N4O3S. The topological polar surface area (TPSA) is 71.3 Å². The highest BCUT2D eigenvalue weighted by Gasteiger charge is 2.21. The Morgan fingerprint density at radius 1 is 1.53 bits per heavy atom. The number of ether oxygens (including phenoxy) is 3. The summed E-state index contributed by atoms with van der Waals surface area (Å²) in [6.45, 7) is 2.06. The summed E-state index contributed by atoms with van der Waals surface area (Å²) in [7, 11) is 3.19. The number of nitrogens with zero attached hydrogens (tertiary/aromatic N) is 4. The third-order valence-electron chi connectivity index (χ3n) is 2.51. The molecule has 0 spiro atoms. The van der Waals surface area contributed by atoms with Gasteiger partial charge in [0.05, 0.1) is 13.2 Å². The molecule has 1 unspecified atom stereocenters. The first-order valence-corrected chi connectivity index (χ1v) is 6.27. The van der Waals surface area contributed by atoms with Gasteiger partial charge < -0.3 is 14.2 Å². The number of methoxy groups -OCH3 is 2. The second-order valence-corrected chi connectivity index (χ2v) is 4.92. The van der Waals surface area contributed by atoms with Gasteiger partial charge in [0.25, 0.3) is 0 Å². The summed E-state index contributed by atoms with van der Waals surface area (Å²) in [4.78, 5) is 0. The molecule has 0 amide bonds. The van der Waals surface area contributed by atoms with E-state index in [1.54, 1.807) is 30.7 Å². The van der Waals surface area contributed by atoms with Crippen molar-refractivity contribution in [3.8, 4) is 0 Å². The van der Waals surface area contributed by atoms with Crippen molar-refractivity contribution in [2.75, 3.05) is 27.4 Å². The molecule has 2 rings (SSSR count). The van der Waals surface area contributed by atoms with Gasteiger partial charge in [-0.3, -0.25) is 0 Å². The minimum atomic E-state index is -0.335. The maximum absolute atomic E-state index is 5.32. The molecule has 0 bridgehead atoms. The zero-order valence-electron chi connectivity index (χ0n) is 9.90. The average molecular weight is 260 g/mol. The lowest BCUT2D eigenvalue weighted by Crippen LogP contribution is -2.22. The zero-order chi connectivity index (χ0) is 12.1. The van der Waals surface area contributed by atoms with Gasteiger partial charge in [-0.1, -0.05) is 11.8 Å². The maximum atomic E-state index is 5.32. The molecule has 8 heteroatoms. The van der Waals surface area contributed by atoms with Gasteiger partial charge in [0.15, 0.2) is 6.29 Å². The average Bonchev–Trinajstić information content (AvgIpc) is 2.99. The summed E-state index contributed by atoms with van der Waals surface area (Å²) in [6, 6.07) is 0. The van der Waals surface area contributed by atoms with E-state index in [-0.39, 0.29) is 6.29 Å². The zero-order valence-corrected chi connectivity index (χ0v) is 10.7. The Labute approximate surface area is 104 Å². The lowest BCUT2D eigenvalue weighted by atomic mass is 10.4. The predicted molar refractivity (Wildman–Crippen MR) is 60.7 cm³/mol. The van der Waals surface area contributed by atoms with Crippen molar-refractivity contribution < 1.29 is 14.2 Å². The monoisotopic (exact) mass is 260 g/mol. The molecule has 17 heavy (non-hydrogen) atoms. The molecule has 96 valence electrons. The van der Waals surface area contributed by atoms with Gasteiger partial charge in [0, 0.05) is 26.1 Å². The quantitative estimate of drug-likeness (QED) is 0.675. The van der Waals surface area contributed by atoms with E-state index in [0.29, 0.717) is 11.8 Å². The van der Waals surface area contributed by atoms with Crippen molar-refractivity contribution in [1.82, 2.24) is 20.2 Å². The molecule has 0 saturated carbocycles. The first-order chi connectivity index (χ1) is 8.33. The highest BCUT2D eigenvalue weighted by Crippen LogP contribution is 2.26. The fraction of sp³-hybridized carbons (Fsp3) is 0.889. The number of thioether (sulfide) groups is 1. The summed E-state index contributed by atoms with van der Waals surface area (Å²) < 4.78 is 17.3. The fourth-order valence-electron chi connectivity index (χ4n) is 1.54. The van der Waals surface area contributed by atoms with E-state index in [1.165, 1.54) is 0 Å². The lowest BCUT2D eigenvalue weighted by Gasteiger charge is -2.14. The van der Waals surface area contributed by atoms with Crippen LogP contribution in [0.15, 0.2) is 5.16 Å². The Morgan fingerprint density at radius 3 is 3.00 bits per heavy atom. The van der Waals surface area contributed by atoms with E-state index >= 15 is 0 Å². The van der Waals surface area contributed by atoms with Gasteiger partial charge in [-0.05, 0) is 16.8 Å². The Balaban J connectivity index is 1.95. The number of rotatable bonds is 6. The van der Waals surface area contributed by atoms with Crippen LogP contribution in [0.2, 0.25) is 0 Å². The van der Waals surface area contributed by atoms with Crippen LogP contribution in [0.3, 0.4) is 0 Å². The molecule has 1 atom stereocenters. The van der Waals surface area contributed by atoms with Crippen molar-refractivity contribution in [2.24, 2.45) is 0 Å². The molecule has 1 aliphatic heterocycles. The van der Waals surface area contributed by atoms with E-state index in [2.05, 4.69) is 15.5 Å². The molecular weight excluding hydrogens is 244 g/mol. The molecule has 1 aromatic heterocycles. The van der Waals surface area contributed by atoms with E-state index < -0.39 is 0 Å². The highest BCUT2D eigenvalue weighted by molar-refractivity contribution is 7.99. The van der Waals surface area contributed by atoms with Crippen molar-refractivity contribution in [1.29, 1.82) is 0 Å². The summed E-state index contributed by atoms with van der Waals surface area (Å²) in [5.41, 5.74) is 0. The molecule has 0 aliphatic carbocycles. The number of hydrogen-bond donors (Lipinski definition) is 0. The Hall–Kier alpha value is -0.700. The summed E-state index contributed by atoms with van der Waals surface area (Å²) in [5.74, 6) is 0. The first kappa shape index (κ1) is 12.7. The number of tetrazole rings is 1. The Kier molecular flexibility index (Phi) is 4.72. The third-order valence-corrected chi connectivity index (χ3v) is 3.72. The molecule has 1 saturated heterocycles. The second kappa shape index (κ2) is 6.29. The lowest BCUT2D eigenvalue weighted by molar-refractivity contribution is -0.113. The van der Waals surface area contributed by atoms with Gasteiger partial charge in [-0.15, -0.1) is 5.10 Å². The van der Waals surface area contributed by atoms with Gasteiger partial charge in [0.2, 0.25) is 5.16 Å². The number of hydrogen-bond acceptors (Lipinski definition) is 7. The van der Waals surface area contributed by atoms with E-state index in [9.17, 15) is 0 Å². The maximum Gasteiger partial charge on any atom is 0.209 e. The SMILES string of the molecule is COC(Cn1nnnc1SC1CCOC1)OC. The van der Waals surface area contributed by atoms with Crippen molar-refractivity contribution in [2.45, 2.75) is 29.7 Å². The van der Waals surface area contributed by atoms with Crippen LogP contribution in [0.4, 0.5) is 0 Å². The van der Waals surface area contributed by atoms with Crippen LogP contribution in [-0.2, 0) is 20.8 Å². The van der Waals surface area contributed by atoms with Crippen molar-refractivity contribution in [3.05, 3.63) is 0 Å². The number of aromatic nitrogens is 4. The van der Waals surface area contributed by atoms with Crippen LogP contribution < -0.4 is 0 Å². The predicted octanol–water partition coefficient (Wildman–Crippen LogP) is 0.173. The van der Waals surface area contributed by atoms with Gasteiger partial charge in [-0.2, -0.15) is 0 Å². The van der Waals surface area contributed by atoms with Crippen LogP contribution in [-0.4, -0.2) is 59.2 Å².